The minimum absolute atomic E-state index is 0.0510. The molecule has 0 saturated carbocycles. The predicted molar refractivity (Wildman–Crippen MR) is 139 cm³/mol. The van der Waals surface area contributed by atoms with Crippen molar-refractivity contribution in [2.45, 2.75) is 50.7 Å². The molecule has 6 rings (SSSR count). The van der Waals surface area contributed by atoms with E-state index in [1.165, 1.54) is 13.3 Å². The third kappa shape index (κ3) is 5.30. The number of hydrogen-bond acceptors (Lipinski definition) is 16. The Morgan fingerprint density at radius 1 is 1.12 bits per heavy atom. The molecule has 4 aromatic heterocycles. The molecule has 0 amide bonds. The second-order valence-electron chi connectivity index (χ2n) is 9.27. The lowest BCUT2D eigenvalue weighted by molar-refractivity contribution is -0.227. The van der Waals surface area contributed by atoms with Crippen molar-refractivity contribution < 1.29 is 36.9 Å². The van der Waals surface area contributed by atoms with Gasteiger partial charge in [0.05, 0.1) is 19.3 Å². The molecule has 42 heavy (non-hydrogen) atoms. The average molecular weight is 633 g/mol. The minimum Gasteiger partial charge on any atom is -0.382 e. The third-order valence-corrected chi connectivity index (χ3v) is 8.11. The quantitative estimate of drug-likeness (QED) is 0.205. The van der Waals surface area contributed by atoms with E-state index in [-0.39, 0.29) is 47.1 Å². The molecule has 8 atom stereocenters. The maximum absolute atomic E-state index is 15.9. The first-order chi connectivity index (χ1) is 20.0. The van der Waals surface area contributed by atoms with Crippen LogP contribution >= 0.6 is 6.72 Å². The molecule has 2 unspecified atom stereocenters. The lowest BCUT2D eigenvalue weighted by Gasteiger charge is -2.27. The van der Waals surface area contributed by atoms with E-state index < -0.39 is 62.2 Å². The fraction of sp³-hybridized carbons (Fsp3) is 0.579. The van der Waals surface area contributed by atoms with Crippen LogP contribution in [0.2, 0.25) is 0 Å². The van der Waals surface area contributed by atoms with Gasteiger partial charge < -0.3 is 35.1 Å². The molecule has 0 radical (unpaired) electrons. The molecule has 6 heterocycles. The first kappa shape index (κ1) is 28.7. The van der Waals surface area contributed by atoms with Gasteiger partial charge in [0.1, 0.15) is 6.33 Å². The van der Waals surface area contributed by atoms with E-state index in [0.29, 0.717) is 0 Å². The molecular formula is C19H23F2N12O7PS. The summed E-state index contributed by atoms with van der Waals surface area (Å²) in [5, 5.41) is 15.3. The molecule has 23 heteroatoms. The lowest BCUT2D eigenvalue weighted by atomic mass is 9.96. The van der Waals surface area contributed by atoms with Gasteiger partial charge in [0.2, 0.25) is 12.2 Å². The smallest absolute Gasteiger partial charge is 0.327 e. The van der Waals surface area contributed by atoms with Gasteiger partial charge in [0.25, 0.3) is 11.9 Å². The number of nitrogen functional groups attached to an aromatic ring is 2. The number of aromatic nitrogens is 10. The Hall–Kier alpha value is -3.37. The molecule has 0 spiro atoms. The number of fused-ring (bicyclic) bond motifs is 3. The van der Waals surface area contributed by atoms with Gasteiger partial charge in [-0.05, 0) is 25.2 Å². The summed E-state index contributed by atoms with van der Waals surface area (Å²) in [6, 6.07) is 0. The van der Waals surface area contributed by atoms with Crippen LogP contribution in [-0.2, 0) is 35.1 Å². The van der Waals surface area contributed by atoms with Crippen LogP contribution in [0.3, 0.4) is 0 Å². The molecule has 19 nitrogen and oxygen atoms in total. The highest BCUT2D eigenvalue weighted by atomic mass is 32.5. The van der Waals surface area contributed by atoms with E-state index >= 15 is 8.78 Å². The maximum Gasteiger partial charge on any atom is 0.327 e. The first-order valence-electron chi connectivity index (χ1n) is 12.3. The number of nitrogens with two attached hydrogens (primary N) is 2. The first-order valence-corrected chi connectivity index (χ1v) is 14.9. The summed E-state index contributed by atoms with van der Waals surface area (Å²) in [7, 11) is 0. The number of H-pyrrole nitrogens is 1. The Morgan fingerprint density at radius 3 is 2.64 bits per heavy atom. The van der Waals surface area contributed by atoms with Crippen molar-refractivity contribution in [3.05, 3.63) is 16.7 Å². The Bertz CT molecular complexity index is 1730. The number of nitrogens with zero attached hydrogens (tertiary/aromatic N) is 9. The normalized spacial score (nSPS) is 33.2. The van der Waals surface area contributed by atoms with Gasteiger partial charge in [-0.1, -0.05) is 10.4 Å². The number of halogens is 2. The molecule has 2 fully saturated rings. The van der Waals surface area contributed by atoms with Gasteiger partial charge >= 0.3 is 6.72 Å². The van der Waals surface area contributed by atoms with Crippen molar-refractivity contribution in [3.63, 3.8) is 0 Å². The zero-order valence-corrected chi connectivity index (χ0v) is 23.1. The predicted octanol–water partition coefficient (Wildman–Crippen LogP) is -0.407. The molecule has 2 aliphatic rings. The Labute approximate surface area is 237 Å². The van der Waals surface area contributed by atoms with E-state index in [0.717, 1.165) is 9.36 Å². The summed E-state index contributed by atoms with van der Waals surface area (Å²) in [5.41, 5.74) is 10.5. The summed E-state index contributed by atoms with van der Waals surface area (Å²) < 4.78 is 61.1. The Morgan fingerprint density at radius 2 is 1.86 bits per heavy atom. The number of ether oxygens (including phenoxy) is 3. The zero-order valence-electron chi connectivity index (χ0n) is 21.4. The monoisotopic (exact) mass is 632 g/mol. The highest BCUT2D eigenvalue weighted by Gasteiger charge is 2.48. The van der Waals surface area contributed by atoms with Gasteiger partial charge in [0, 0.05) is 5.92 Å². The fourth-order valence-corrected chi connectivity index (χ4v) is 5.85. The van der Waals surface area contributed by atoms with Gasteiger partial charge in [-0.15, -0.1) is 10.2 Å². The molecule has 2 aliphatic heterocycles. The fourth-order valence-electron chi connectivity index (χ4n) is 4.67. The van der Waals surface area contributed by atoms with E-state index in [2.05, 4.69) is 40.6 Å². The van der Waals surface area contributed by atoms with Gasteiger partial charge in [-0.2, -0.15) is 14.3 Å². The van der Waals surface area contributed by atoms with Crippen LogP contribution in [0.15, 0.2) is 11.1 Å². The molecule has 4 aromatic rings. The highest BCUT2D eigenvalue weighted by Crippen LogP contribution is 2.49. The second-order valence-corrected chi connectivity index (χ2v) is 12.1. The van der Waals surface area contributed by atoms with E-state index in [4.69, 9.17) is 46.5 Å². The van der Waals surface area contributed by atoms with E-state index in [9.17, 15) is 9.69 Å². The van der Waals surface area contributed by atoms with Crippen LogP contribution in [-0.4, -0.2) is 93.0 Å². The molecule has 0 aromatic carbocycles. The van der Waals surface area contributed by atoms with Gasteiger partial charge in [-0.3, -0.25) is 14.3 Å². The standard InChI is InChI=1S/C19H23F2N12O7PS/c1-6-36-3-2-7-8(39-17(9(7)20)32-14-10(28-30-32)13(22)24-5-25-14)4-37-41(35,42)40-12(21)18(38-6)33-15-11(29-31-33)16(34)27-19(23)26-15/h5-9,12,17-18H,2-4H2,1H3,(H,35,42)(H2,22,24,25)(H3,23,26,27,34)/t6?,7-,8-,9+,12+,17-,18-,41?/m1/s1. The van der Waals surface area contributed by atoms with Crippen molar-refractivity contribution in [2.75, 3.05) is 24.7 Å². The van der Waals surface area contributed by atoms with Crippen molar-refractivity contribution >= 4 is 52.6 Å². The van der Waals surface area contributed by atoms with Crippen LogP contribution in [0.5, 0.6) is 0 Å². The Kier molecular flexibility index (Phi) is 7.55. The summed E-state index contributed by atoms with van der Waals surface area (Å²) in [6.07, 6.45) is -8.24. The summed E-state index contributed by atoms with van der Waals surface area (Å²) >= 11 is 5.01. The van der Waals surface area contributed by atoms with Crippen molar-refractivity contribution in [3.8, 4) is 0 Å². The molecule has 0 bridgehead atoms. The third-order valence-electron chi connectivity index (χ3n) is 6.59. The molecule has 2 saturated heterocycles. The SMILES string of the molecule is CC1OCC[C@H]2[C@H](F)[C@H](n3nnc4c(N)ncnc43)O[C@@H]2COP(O)(=S)O[C@H](F)[C@H](n2nnc3c(=O)[nH]c(N)nc32)O1. The molecule has 6 N–H and O–H groups in total. The number of hydrogen-bond donors (Lipinski definition) is 4. The number of alkyl halides is 2. The minimum atomic E-state index is -4.35. The van der Waals surface area contributed by atoms with Gasteiger partial charge in [0.15, 0.2) is 46.8 Å². The van der Waals surface area contributed by atoms with Crippen LogP contribution in [0.1, 0.15) is 25.8 Å². The Balaban J connectivity index is 1.27. The van der Waals surface area contributed by atoms with Crippen LogP contribution < -0.4 is 17.0 Å². The molecule has 0 aliphatic carbocycles. The molecular weight excluding hydrogens is 609 g/mol. The highest BCUT2D eigenvalue weighted by molar-refractivity contribution is 8.07. The number of aromatic amines is 1. The number of anilines is 2. The topological polar surface area (TPSA) is 251 Å². The maximum atomic E-state index is 15.9. The summed E-state index contributed by atoms with van der Waals surface area (Å²) in [6.45, 7) is -3.48. The number of nitrogens with one attached hydrogen (secondary N) is 1. The van der Waals surface area contributed by atoms with Crippen LogP contribution in [0, 0.1) is 5.92 Å². The van der Waals surface area contributed by atoms with E-state index in [1.807, 2.05) is 0 Å². The molecule has 226 valence electrons. The average Bonchev–Trinajstić information content (AvgIpc) is 3.62. The largest absolute Gasteiger partial charge is 0.382 e. The van der Waals surface area contributed by atoms with Crippen molar-refractivity contribution in [1.29, 1.82) is 0 Å². The van der Waals surface area contributed by atoms with Crippen LogP contribution in [0.4, 0.5) is 20.5 Å². The van der Waals surface area contributed by atoms with Crippen molar-refractivity contribution in [1.82, 2.24) is 49.9 Å². The van der Waals surface area contributed by atoms with Gasteiger partial charge in [-0.25, -0.2) is 18.7 Å². The number of rotatable bonds is 2. The summed E-state index contributed by atoms with van der Waals surface area (Å²) in [4.78, 5) is 37.0. The van der Waals surface area contributed by atoms with Crippen molar-refractivity contribution in [2.24, 2.45) is 5.92 Å². The zero-order chi connectivity index (χ0) is 29.8. The summed E-state index contributed by atoms with van der Waals surface area (Å²) in [5.74, 6) is -1.11. The second kappa shape index (κ2) is 11.0. The van der Waals surface area contributed by atoms with E-state index in [1.54, 1.807) is 0 Å². The lowest BCUT2D eigenvalue weighted by Crippen LogP contribution is -2.31. The van der Waals surface area contributed by atoms with Crippen LogP contribution in [0.25, 0.3) is 22.3 Å².